The van der Waals surface area contributed by atoms with Gasteiger partial charge in [-0.3, -0.25) is 15.0 Å². The molecule has 1 heterocycles. The van der Waals surface area contributed by atoms with Gasteiger partial charge in [-0.05, 0) is 55.7 Å². The van der Waals surface area contributed by atoms with E-state index in [1.807, 2.05) is 18.2 Å². The van der Waals surface area contributed by atoms with Crippen LogP contribution in [0, 0.1) is 5.41 Å². The van der Waals surface area contributed by atoms with Crippen LogP contribution in [0.25, 0.3) is 0 Å². The number of carboxylic acids is 1. The predicted octanol–water partition coefficient (Wildman–Crippen LogP) is 2.97. The Balaban J connectivity index is 2.13. The lowest BCUT2D eigenvalue weighted by atomic mass is 10.1. The van der Waals surface area contributed by atoms with Crippen molar-refractivity contribution >= 4 is 49.6 Å². The summed E-state index contributed by atoms with van der Waals surface area (Å²) in [7, 11) is 0. The molecule has 0 unspecified atom stereocenters. The number of carbonyl (C=O) groups is 2. The molecule has 0 saturated carbocycles. The lowest BCUT2D eigenvalue weighted by molar-refractivity contribution is -0.139. The van der Waals surface area contributed by atoms with Crippen LogP contribution in [0.4, 0.5) is 0 Å². The standard InChI is InChI=1S/C20H22Br2N4O4/c1-12(23)24-6-2-5-17(20(29)30)25-18(27)16-4-3-7-26(19(16)28)11-13-8-14(21)10-15(22)9-13/h3-4,7-10,17H,2,5-6,11H2,1H3,(H2,23,24)(H,25,27)(H,29,30)/t17-/m0/s1. The van der Waals surface area contributed by atoms with Gasteiger partial charge in [-0.15, -0.1) is 0 Å². The lowest BCUT2D eigenvalue weighted by Gasteiger charge is -2.15. The van der Waals surface area contributed by atoms with Gasteiger partial charge in [0.1, 0.15) is 11.6 Å². The second-order valence-electron chi connectivity index (χ2n) is 6.69. The Morgan fingerprint density at radius 2 is 1.90 bits per heavy atom. The van der Waals surface area contributed by atoms with Crippen LogP contribution >= 0.6 is 31.9 Å². The Morgan fingerprint density at radius 3 is 2.50 bits per heavy atom. The first-order valence-electron chi connectivity index (χ1n) is 9.14. The number of pyridine rings is 1. The van der Waals surface area contributed by atoms with Crippen LogP contribution in [0.2, 0.25) is 0 Å². The summed E-state index contributed by atoms with van der Waals surface area (Å²) >= 11 is 6.81. The molecule has 0 radical (unpaired) electrons. The summed E-state index contributed by atoms with van der Waals surface area (Å²) in [5.41, 5.74) is 0.232. The fourth-order valence-corrected chi connectivity index (χ4v) is 4.20. The van der Waals surface area contributed by atoms with E-state index >= 15 is 0 Å². The van der Waals surface area contributed by atoms with Gasteiger partial charge in [0.2, 0.25) is 0 Å². The van der Waals surface area contributed by atoms with Crippen molar-refractivity contribution in [2.45, 2.75) is 32.4 Å². The van der Waals surface area contributed by atoms with Gasteiger partial charge < -0.3 is 20.3 Å². The molecule has 2 rings (SSSR count). The average molecular weight is 542 g/mol. The zero-order chi connectivity index (χ0) is 22.3. The first-order valence-corrected chi connectivity index (χ1v) is 10.7. The van der Waals surface area contributed by atoms with E-state index < -0.39 is 23.5 Å². The van der Waals surface area contributed by atoms with Crippen LogP contribution < -0.4 is 16.2 Å². The highest BCUT2D eigenvalue weighted by Crippen LogP contribution is 2.20. The van der Waals surface area contributed by atoms with Crippen molar-refractivity contribution in [2.24, 2.45) is 0 Å². The maximum absolute atomic E-state index is 12.8. The summed E-state index contributed by atoms with van der Waals surface area (Å²) in [5.74, 6) is -1.62. The number of amides is 1. The first-order chi connectivity index (χ1) is 14.2. The molecule has 10 heteroatoms. The van der Waals surface area contributed by atoms with Gasteiger partial charge in [-0.2, -0.15) is 0 Å². The monoisotopic (exact) mass is 540 g/mol. The fourth-order valence-electron chi connectivity index (χ4n) is 2.81. The number of nitrogens with zero attached hydrogens (tertiary/aromatic N) is 1. The summed E-state index contributed by atoms with van der Waals surface area (Å²) < 4.78 is 3.10. The molecule has 0 spiro atoms. The lowest BCUT2D eigenvalue weighted by Crippen LogP contribution is -2.43. The van der Waals surface area contributed by atoms with Crippen LogP contribution in [0.1, 0.15) is 35.7 Å². The van der Waals surface area contributed by atoms with Crippen molar-refractivity contribution in [3.05, 3.63) is 67.0 Å². The highest BCUT2D eigenvalue weighted by molar-refractivity contribution is 9.11. The third-order valence-electron chi connectivity index (χ3n) is 4.20. The number of halogens is 2. The molecule has 8 nitrogen and oxygen atoms in total. The van der Waals surface area contributed by atoms with Gasteiger partial charge in [-0.25, -0.2) is 4.79 Å². The topological polar surface area (TPSA) is 124 Å². The Labute approximate surface area is 190 Å². The molecule has 0 aliphatic heterocycles. The van der Waals surface area contributed by atoms with Gasteiger partial charge in [0.25, 0.3) is 11.5 Å². The van der Waals surface area contributed by atoms with E-state index in [-0.39, 0.29) is 24.4 Å². The van der Waals surface area contributed by atoms with Crippen molar-refractivity contribution in [3.63, 3.8) is 0 Å². The predicted molar refractivity (Wildman–Crippen MR) is 121 cm³/mol. The second-order valence-corrected chi connectivity index (χ2v) is 8.52. The summed E-state index contributed by atoms with van der Waals surface area (Å²) in [4.78, 5) is 36.8. The molecule has 0 fully saturated rings. The fraction of sp³-hybridized carbons (Fsp3) is 0.300. The molecule has 2 aromatic rings. The molecule has 1 amide bonds. The van der Waals surface area contributed by atoms with Crippen LogP contribution in [0.15, 0.2) is 50.3 Å². The quantitative estimate of drug-likeness (QED) is 0.221. The molecule has 4 N–H and O–H groups in total. The summed E-state index contributed by atoms with van der Waals surface area (Å²) in [5, 5.41) is 21.9. The number of aliphatic carboxylic acids is 1. The van der Waals surface area contributed by atoms with Crippen molar-refractivity contribution < 1.29 is 14.7 Å². The van der Waals surface area contributed by atoms with E-state index in [9.17, 15) is 19.5 Å². The molecule has 1 aromatic heterocycles. The highest BCUT2D eigenvalue weighted by Gasteiger charge is 2.22. The number of amidine groups is 1. The number of aromatic nitrogens is 1. The SMILES string of the molecule is CC(=N)NCCC[C@H](NC(=O)c1cccn(Cc2cc(Br)cc(Br)c2)c1=O)C(=O)O. The van der Waals surface area contributed by atoms with Gasteiger partial charge in [-0.1, -0.05) is 31.9 Å². The Kier molecular flexibility index (Phi) is 8.79. The van der Waals surface area contributed by atoms with Gasteiger partial charge in [0, 0.05) is 21.7 Å². The summed E-state index contributed by atoms with van der Waals surface area (Å²) in [6, 6.07) is 7.45. The molecule has 1 aromatic carbocycles. The zero-order valence-electron chi connectivity index (χ0n) is 16.2. The van der Waals surface area contributed by atoms with Gasteiger partial charge in [0.05, 0.1) is 12.4 Å². The third-order valence-corrected chi connectivity index (χ3v) is 5.12. The highest BCUT2D eigenvalue weighted by atomic mass is 79.9. The van der Waals surface area contributed by atoms with Crippen molar-refractivity contribution in [3.8, 4) is 0 Å². The van der Waals surface area contributed by atoms with Crippen molar-refractivity contribution in [1.29, 1.82) is 5.41 Å². The maximum atomic E-state index is 12.8. The molecule has 1 atom stereocenters. The minimum atomic E-state index is -1.18. The van der Waals surface area contributed by atoms with Crippen molar-refractivity contribution in [2.75, 3.05) is 6.54 Å². The first kappa shape index (κ1) is 23.8. The van der Waals surface area contributed by atoms with Gasteiger partial charge in [0.15, 0.2) is 0 Å². The molecule has 30 heavy (non-hydrogen) atoms. The van der Waals surface area contributed by atoms with E-state index in [0.717, 1.165) is 14.5 Å². The Hall–Kier alpha value is -2.46. The van der Waals surface area contributed by atoms with E-state index in [4.69, 9.17) is 5.41 Å². The maximum Gasteiger partial charge on any atom is 0.326 e. The number of benzene rings is 1. The Morgan fingerprint density at radius 1 is 1.23 bits per heavy atom. The number of hydrogen-bond donors (Lipinski definition) is 4. The van der Waals surface area contributed by atoms with E-state index in [2.05, 4.69) is 42.5 Å². The summed E-state index contributed by atoms with van der Waals surface area (Å²) in [6.45, 7) is 2.27. The van der Waals surface area contributed by atoms with E-state index in [1.54, 1.807) is 19.2 Å². The van der Waals surface area contributed by atoms with Crippen LogP contribution in [0.3, 0.4) is 0 Å². The molecule has 0 aliphatic rings. The van der Waals surface area contributed by atoms with Crippen molar-refractivity contribution in [1.82, 2.24) is 15.2 Å². The summed E-state index contributed by atoms with van der Waals surface area (Å²) in [6.07, 6.45) is 2.20. The molecular formula is C20H22Br2N4O4. The number of rotatable bonds is 9. The van der Waals surface area contributed by atoms with E-state index in [1.165, 1.54) is 10.6 Å². The zero-order valence-corrected chi connectivity index (χ0v) is 19.4. The molecular weight excluding hydrogens is 520 g/mol. The number of nitrogens with one attached hydrogen (secondary N) is 3. The molecule has 0 saturated heterocycles. The Bertz CT molecular complexity index is 986. The smallest absolute Gasteiger partial charge is 0.326 e. The van der Waals surface area contributed by atoms with Crippen LogP contribution in [-0.4, -0.2) is 40.0 Å². The number of hydrogen-bond acceptors (Lipinski definition) is 4. The minimum Gasteiger partial charge on any atom is -0.480 e. The average Bonchev–Trinajstić information content (AvgIpc) is 2.64. The number of carboxylic acid groups (broad SMARTS) is 1. The molecule has 0 aliphatic carbocycles. The van der Waals surface area contributed by atoms with Crippen LogP contribution in [-0.2, 0) is 11.3 Å². The van der Waals surface area contributed by atoms with Crippen LogP contribution in [0.5, 0.6) is 0 Å². The van der Waals surface area contributed by atoms with E-state index in [0.29, 0.717) is 13.0 Å². The largest absolute Gasteiger partial charge is 0.480 e. The molecule has 160 valence electrons. The molecule has 0 bridgehead atoms. The minimum absolute atomic E-state index is 0.119. The van der Waals surface area contributed by atoms with Gasteiger partial charge >= 0.3 is 5.97 Å². The second kappa shape index (κ2) is 11.1. The number of carbonyl (C=O) groups excluding carboxylic acids is 1. The third kappa shape index (κ3) is 7.10. The normalized spacial score (nSPS) is 11.6.